The van der Waals surface area contributed by atoms with E-state index >= 15 is 0 Å². The Morgan fingerprint density at radius 3 is 3.00 bits per heavy atom. The summed E-state index contributed by atoms with van der Waals surface area (Å²) in [6.45, 7) is 4.82. The molecule has 0 saturated heterocycles. The standard InChI is InChI=1S/C14H23N3O/c1-3-12-8-13(17-10-16-12)15-9-11-6-4-5-7-14(11,2)18/h8,10-11,18H,3-7,9H2,1-2H3,(H,15,16,17)/t11-,14-/m0/s1. The van der Waals surface area contributed by atoms with Crippen molar-refractivity contribution in [2.24, 2.45) is 5.92 Å². The molecule has 4 heteroatoms. The van der Waals surface area contributed by atoms with E-state index < -0.39 is 5.60 Å². The minimum Gasteiger partial charge on any atom is -0.390 e. The largest absolute Gasteiger partial charge is 0.390 e. The molecule has 1 aliphatic carbocycles. The van der Waals surface area contributed by atoms with E-state index in [1.165, 1.54) is 6.42 Å². The molecular formula is C14H23N3O. The Hall–Kier alpha value is -1.16. The highest BCUT2D eigenvalue weighted by Crippen LogP contribution is 2.33. The maximum atomic E-state index is 10.3. The Balaban J connectivity index is 1.94. The van der Waals surface area contributed by atoms with Gasteiger partial charge in [-0.25, -0.2) is 9.97 Å². The lowest BCUT2D eigenvalue weighted by Crippen LogP contribution is -2.41. The summed E-state index contributed by atoms with van der Waals surface area (Å²) >= 11 is 0. The van der Waals surface area contributed by atoms with E-state index in [0.717, 1.165) is 43.7 Å². The second kappa shape index (κ2) is 5.65. The van der Waals surface area contributed by atoms with Crippen LogP contribution in [-0.4, -0.2) is 27.2 Å². The fourth-order valence-corrected chi connectivity index (χ4v) is 2.63. The average Bonchev–Trinajstić information content (AvgIpc) is 2.37. The number of rotatable bonds is 4. The summed E-state index contributed by atoms with van der Waals surface area (Å²) in [5.41, 5.74) is 0.509. The van der Waals surface area contributed by atoms with E-state index in [4.69, 9.17) is 0 Å². The number of nitrogens with one attached hydrogen (secondary N) is 1. The minimum absolute atomic E-state index is 0.311. The number of aromatic nitrogens is 2. The first kappa shape index (κ1) is 13.3. The van der Waals surface area contributed by atoms with E-state index in [9.17, 15) is 5.11 Å². The van der Waals surface area contributed by atoms with Crippen molar-refractivity contribution in [2.75, 3.05) is 11.9 Å². The van der Waals surface area contributed by atoms with Gasteiger partial charge in [0.25, 0.3) is 0 Å². The first-order valence-corrected chi connectivity index (χ1v) is 6.89. The van der Waals surface area contributed by atoms with E-state index in [2.05, 4.69) is 22.2 Å². The Bertz CT molecular complexity index is 392. The zero-order valence-corrected chi connectivity index (χ0v) is 11.3. The minimum atomic E-state index is -0.536. The zero-order valence-electron chi connectivity index (χ0n) is 11.3. The molecule has 0 amide bonds. The smallest absolute Gasteiger partial charge is 0.129 e. The van der Waals surface area contributed by atoms with Gasteiger partial charge in [-0.1, -0.05) is 19.8 Å². The normalized spacial score (nSPS) is 28.1. The lowest BCUT2D eigenvalue weighted by molar-refractivity contribution is -0.0261. The van der Waals surface area contributed by atoms with Crippen LogP contribution in [0.2, 0.25) is 0 Å². The van der Waals surface area contributed by atoms with Crippen molar-refractivity contribution in [3.05, 3.63) is 18.1 Å². The van der Waals surface area contributed by atoms with Gasteiger partial charge in [0.05, 0.1) is 5.60 Å². The van der Waals surface area contributed by atoms with Crippen LogP contribution in [0.15, 0.2) is 12.4 Å². The molecule has 0 bridgehead atoms. The monoisotopic (exact) mass is 249 g/mol. The lowest BCUT2D eigenvalue weighted by Gasteiger charge is -2.37. The van der Waals surface area contributed by atoms with Gasteiger partial charge < -0.3 is 10.4 Å². The Morgan fingerprint density at radius 1 is 1.44 bits per heavy atom. The van der Waals surface area contributed by atoms with Gasteiger partial charge in [0, 0.05) is 24.2 Å². The molecule has 0 spiro atoms. The molecule has 2 atom stereocenters. The van der Waals surface area contributed by atoms with Crippen LogP contribution < -0.4 is 5.32 Å². The topological polar surface area (TPSA) is 58.0 Å². The van der Waals surface area contributed by atoms with Gasteiger partial charge >= 0.3 is 0 Å². The third kappa shape index (κ3) is 3.19. The maximum Gasteiger partial charge on any atom is 0.129 e. The number of aliphatic hydroxyl groups is 1. The molecule has 2 rings (SSSR count). The van der Waals surface area contributed by atoms with Crippen molar-refractivity contribution in [2.45, 2.75) is 51.6 Å². The van der Waals surface area contributed by atoms with Gasteiger partial charge in [-0.15, -0.1) is 0 Å². The summed E-state index contributed by atoms with van der Waals surface area (Å²) in [5.74, 6) is 1.18. The zero-order chi connectivity index (χ0) is 13.0. The molecule has 18 heavy (non-hydrogen) atoms. The average molecular weight is 249 g/mol. The fraction of sp³-hybridized carbons (Fsp3) is 0.714. The van der Waals surface area contributed by atoms with Crippen molar-refractivity contribution in [1.82, 2.24) is 9.97 Å². The molecule has 1 heterocycles. The van der Waals surface area contributed by atoms with Gasteiger partial charge in [0.15, 0.2) is 0 Å². The summed E-state index contributed by atoms with van der Waals surface area (Å²) in [6, 6.07) is 1.98. The van der Waals surface area contributed by atoms with Crippen LogP contribution in [0, 0.1) is 5.92 Å². The predicted octanol–water partition coefficient (Wildman–Crippen LogP) is 2.39. The van der Waals surface area contributed by atoms with Gasteiger partial charge in [-0.3, -0.25) is 0 Å². The van der Waals surface area contributed by atoms with Crippen molar-refractivity contribution in [1.29, 1.82) is 0 Å². The number of hydrogen-bond donors (Lipinski definition) is 2. The first-order chi connectivity index (χ1) is 8.62. The Morgan fingerprint density at radius 2 is 2.28 bits per heavy atom. The Labute approximate surface area is 109 Å². The van der Waals surface area contributed by atoms with Crippen LogP contribution in [0.5, 0.6) is 0 Å². The predicted molar refractivity (Wildman–Crippen MR) is 72.5 cm³/mol. The van der Waals surface area contributed by atoms with E-state index in [-0.39, 0.29) is 0 Å². The third-order valence-corrected chi connectivity index (χ3v) is 3.98. The molecule has 0 unspecified atom stereocenters. The van der Waals surface area contributed by atoms with Crippen LogP contribution in [0.4, 0.5) is 5.82 Å². The summed E-state index contributed by atoms with van der Waals surface area (Å²) in [7, 11) is 0. The molecule has 1 aromatic rings. The molecule has 0 aromatic carbocycles. The molecule has 1 fully saturated rings. The van der Waals surface area contributed by atoms with E-state index in [1.54, 1.807) is 6.33 Å². The highest BCUT2D eigenvalue weighted by Gasteiger charge is 2.33. The van der Waals surface area contributed by atoms with Crippen LogP contribution in [0.1, 0.15) is 45.2 Å². The van der Waals surface area contributed by atoms with Crippen molar-refractivity contribution >= 4 is 5.82 Å². The Kier molecular flexibility index (Phi) is 4.17. The second-order valence-corrected chi connectivity index (χ2v) is 5.43. The van der Waals surface area contributed by atoms with Gasteiger partial charge in [-0.2, -0.15) is 0 Å². The number of hydrogen-bond acceptors (Lipinski definition) is 4. The maximum absolute atomic E-state index is 10.3. The molecule has 0 radical (unpaired) electrons. The molecule has 4 nitrogen and oxygen atoms in total. The molecule has 100 valence electrons. The summed E-state index contributed by atoms with van der Waals surface area (Å²) in [4.78, 5) is 8.40. The second-order valence-electron chi connectivity index (χ2n) is 5.43. The summed E-state index contributed by atoms with van der Waals surface area (Å²) in [6.07, 6.45) is 6.86. The molecule has 1 aliphatic rings. The summed E-state index contributed by atoms with van der Waals surface area (Å²) < 4.78 is 0. The molecule has 1 saturated carbocycles. The van der Waals surface area contributed by atoms with Gasteiger partial charge in [0.2, 0.25) is 0 Å². The molecule has 2 N–H and O–H groups in total. The fourth-order valence-electron chi connectivity index (χ4n) is 2.63. The number of anilines is 1. The van der Waals surface area contributed by atoms with Crippen LogP contribution in [0.3, 0.4) is 0 Å². The van der Waals surface area contributed by atoms with Crippen molar-refractivity contribution in [3.8, 4) is 0 Å². The first-order valence-electron chi connectivity index (χ1n) is 6.89. The van der Waals surface area contributed by atoms with E-state index in [1.807, 2.05) is 13.0 Å². The third-order valence-electron chi connectivity index (χ3n) is 3.98. The molecule has 0 aliphatic heterocycles. The van der Waals surface area contributed by atoms with Crippen LogP contribution in [-0.2, 0) is 6.42 Å². The highest BCUT2D eigenvalue weighted by atomic mass is 16.3. The van der Waals surface area contributed by atoms with Crippen molar-refractivity contribution in [3.63, 3.8) is 0 Å². The number of nitrogens with zero attached hydrogens (tertiary/aromatic N) is 2. The van der Waals surface area contributed by atoms with Gasteiger partial charge in [-0.05, 0) is 26.2 Å². The van der Waals surface area contributed by atoms with Crippen LogP contribution >= 0.6 is 0 Å². The molecular weight excluding hydrogens is 226 g/mol. The SMILES string of the molecule is CCc1cc(NC[C@@H]2CCCC[C@]2(C)O)ncn1. The number of aryl methyl sites for hydroxylation is 1. The van der Waals surface area contributed by atoms with Crippen molar-refractivity contribution < 1.29 is 5.11 Å². The molecule has 1 aromatic heterocycles. The van der Waals surface area contributed by atoms with Gasteiger partial charge in [0.1, 0.15) is 12.1 Å². The lowest BCUT2D eigenvalue weighted by atomic mass is 9.76. The quantitative estimate of drug-likeness (QED) is 0.860. The van der Waals surface area contributed by atoms with Crippen LogP contribution in [0.25, 0.3) is 0 Å². The van der Waals surface area contributed by atoms with E-state index in [0.29, 0.717) is 5.92 Å². The highest BCUT2D eigenvalue weighted by molar-refractivity contribution is 5.34. The summed E-state index contributed by atoms with van der Waals surface area (Å²) in [5, 5.41) is 13.7.